The highest BCUT2D eigenvalue weighted by Crippen LogP contribution is 2.26. The fourth-order valence-corrected chi connectivity index (χ4v) is 1.64. The Morgan fingerprint density at radius 2 is 2.17 bits per heavy atom. The molecule has 0 amide bonds. The zero-order valence-electron chi connectivity index (χ0n) is 7.38. The highest BCUT2D eigenvalue weighted by Gasteiger charge is 2.25. The van der Waals surface area contributed by atoms with Gasteiger partial charge >= 0.3 is 5.97 Å². The molecule has 0 radical (unpaired) electrons. The third-order valence-corrected chi connectivity index (χ3v) is 2.23. The monoisotopic (exact) mass is 166 g/mol. The molecule has 2 nitrogen and oxygen atoms in total. The van der Waals surface area contributed by atoms with Crippen LogP contribution in [-0.4, -0.2) is 12.1 Å². The van der Waals surface area contributed by atoms with Crippen LogP contribution in [0.2, 0.25) is 0 Å². The predicted octanol–water partition coefficient (Wildman–Crippen LogP) is 1.74. The summed E-state index contributed by atoms with van der Waals surface area (Å²) in [6, 6.07) is 0. The van der Waals surface area contributed by atoms with E-state index in [4.69, 9.17) is 11.2 Å². The Morgan fingerprint density at radius 3 is 2.75 bits per heavy atom. The quantitative estimate of drug-likeness (QED) is 0.438. The highest BCUT2D eigenvalue weighted by atomic mass is 16.5. The normalized spacial score (nSPS) is 29.0. The van der Waals surface area contributed by atoms with Crippen LogP contribution < -0.4 is 0 Å². The van der Waals surface area contributed by atoms with Gasteiger partial charge in [0.05, 0.1) is 5.92 Å². The largest absolute Gasteiger partial charge is 0.461 e. The van der Waals surface area contributed by atoms with E-state index in [0.29, 0.717) is 0 Å². The number of rotatable bonds is 1. The summed E-state index contributed by atoms with van der Waals surface area (Å²) in [5.41, 5.74) is 0. The fraction of sp³-hybridized carbons (Fsp3) is 0.700. The first-order valence-electron chi connectivity index (χ1n) is 4.37. The van der Waals surface area contributed by atoms with Crippen molar-refractivity contribution in [2.45, 2.75) is 38.7 Å². The van der Waals surface area contributed by atoms with Gasteiger partial charge < -0.3 is 4.74 Å². The minimum absolute atomic E-state index is 0.0266. The lowest BCUT2D eigenvalue weighted by molar-refractivity contribution is -0.149. The first-order chi connectivity index (χ1) is 5.74. The van der Waals surface area contributed by atoms with Gasteiger partial charge in [-0.1, -0.05) is 12.3 Å². The van der Waals surface area contributed by atoms with E-state index < -0.39 is 0 Å². The minimum Gasteiger partial charge on any atom is -0.461 e. The maximum absolute atomic E-state index is 10.7. The summed E-state index contributed by atoms with van der Waals surface area (Å²) in [6.07, 6.45) is 9.50. The summed E-state index contributed by atoms with van der Waals surface area (Å²) in [5, 5.41) is 0. The SMILES string of the molecule is C#C[C@H]1CCCC[C@@H]1OC(C)=O. The standard InChI is InChI=1S/C10H14O2/c1-3-9-6-4-5-7-10(9)12-8(2)11/h1,9-10H,4-7H2,2H3/t9-,10-/m0/s1. The van der Waals surface area contributed by atoms with E-state index in [0.717, 1.165) is 25.7 Å². The van der Waals surface area contributed by atoms with Gasteiger partial charge in [-0.2, -0.15) is 0 Å². The van der Waals surface area contributed by atoms with Crippen LogP contribution in [0.1, 0.15) is 32.6 Å². The van der Waals surface area contributed by atoms with E-state index >= 15 is 0 Å². The van der Waals surface area contributed by atoms with Gasteiger partial charge in [0.1, 0.15) is 6.10 Å². The van der Waals surface area contributed by atoms with Crippen LogP contribution in [-0.2, 0) is 9.53 Å². The molecule has 0 spiro atoms. The maximum Gasteiger partial charge on any atom is 0.302 e. The molecule has 0 aromatic rings. The molecule has 1 aliphatic rings. The molecule has 12 heavy (non-hydrogen) atoms. The molecular weight excluding hydrogens is 152 g/mol. The summed E-state index contributed by atoms with van der Waals surface area (Å²) >= 11 is 0. The smallest absolute Gasteiger partial charge is 0.302 e. The van der Waals surface area contributed by atoms with E-state index in [9.17, 15) is 4.79 Å². The van der Waals surface area contributed by atoms with Crippen molar-refractivity contribution < 1.29 is 9.53 Å². The molecule has 2 heteroatoms. The van der Waals surface area contributed by atoms with Gasteiger partial charge in [0.2, 0.25) is 0 Å². The molecule has 1 saturated carbocycles. The van der Waals surface area contributed by atoms with Crippen molar-refractivity contribution in [2.75, 3.05) is 0 Å². The van der Waals surface area contributed by atoms with Crippen molar-refractivity contribution >= 4 is 5.97 Å². The molecule has 0 saturated heterocycles. The second-order valence-corrected chi connectivity index (χ2v) is 3.21. The zero-order chi connectivity index (χ0) is 8.97. The number of carbonyl (C=O) groups is 1. The molecule has 0 aromatic carbocycles. The van der Waals surface area contributed by atoms with E-state index in [-0.39, 0.29) is 18.0 Å². The van der Waals surface area contributed by atoms with Gasteiger partial charge in [-0.15, -0.1) is 6.42 Å². The average molecular weight is 166 g/mol. The number of carbonyl (C=O) groups excluding carboxylic acids is 1. The molecule has 0 aromatic heterocycles. The van der Waals surface area contributed by atoms with Crippen molar-refractivity contribution in [3.63, 3.8) is 0 Å². The van der Waals surface area contributed by atoms with Crippen molar-refractivity contribution in [2.24, 2.45) is 5.92 Å². The van der Waals surface area contributed by atoms with E-state index in [1.165, 1.54) is 6.92 Å². The van der Waals surface area contributed by atoms with Crippen LogP contribution in [0.4, 0.5) is 0 Å². The Morgan fingerprint density at radius 1 is 1.50 bits per heavy atom. The molecule has 66 valence electrons. The Balaban J connectivity index is 2.48. The Hall–Kier alpha value is -0.970. The van der Waals surface area contributed by atoms with Gasteiger partial charge in [0, 0.05) is 6.92 Å². The van der Waals surface area contributed by atoms with Crippen molar-refractivity contribution in [1.29, 1.82) is 0 Å². The van der Waals surface area contributed by atoms with Crippen LogP contribution in [0.25, 0.3) is 0 Å². The minimum atomic E-state index is -0.220. The number of ether oxygens (including phenoxy) is 1. The molecule has 0 aliphatic heterocycles. The lowest BCUT2D eigenvalue weighted by Gasteiger charge is -2.26. The molecule has 1 rings (SSSR count). The van der Waals surface area contributed by atoms with Gasteiger partial charge in [0.15, 0.2) is 0 Å². The Kier molecular flexibility index (Phi) is 3.16. The molecule has 1 aliphatic carbocycles. The zero-order valence-corrected chi connectivity index (χ0v) is 7.38. The van der Waals surface area contributed by atoms with Crippen LogP contribution in [0.3, 0.4) is 0 Å². The molecular formula is C10H14O2. The Labute approximate surface area is 73.3 Å². The van der Waals surface area contributed by atoms with Crippen LogP contribution in [0.5, 0.6) is 0 Å². The van der Waals surface area contributed by atoms with E-state index in [1.54, 1.807) is 0 Å². The highest BCUT2D eigenvalue weighted by molar-refractivity contribution is 5.66. The summed E-state index contributed by atoms with van der Waals surface area (Å²) in [4.78, 5) is 10.7. The first kappa shape index (κ1) is 9.12. The van der Waals surface area contributed by atoms with E-state index in [2.05, 4.69) is 5.92 Å². The van der Waals surface area contributed by atoms with Crippen molar-refractivity contribution in [1.82, 2.24) is 0 Å². The van der Waals surface area contributed by atoms with Crippen molar-refractivity contribution in [3.8, 4) is 12.3 Å². The third kappa shape index (κ3) is 2.27. The lowest BCUT2D eigenvalue weighted by atomic mass is 9.87. The predicted molar refractivity (Wildman–Crippen MR) is 46.3 cm³/mol. The number of hydrogen-bond donors (Lipinski definition) is 0. The fourth-order valence-electron chi connectivity index (χ4n) is 1.64. The third-order valence-electron chi connectivity index (χ3n) is 2.23. The van der Waals surface area contributed by atoms with Gasteiger partial charge in [0.25, 0.3) is 0 Å². The summed E-state index contributed by atoms with van der Waals surface area (Å²) in [6.45, 7) is 1.43. The molecule has 2 atom stereocenters. The molecule has 0 heterocycles. The van der Waals surface area contributed by atoms with Crippen LogP contribution in [0, 0.1) is 18.3 Å². The Bertz CT molecular complexity index is 202. The average Bonchev–Trinajstić information content (AvgIpc) is 2.04. The number of esters is 1. The van der Waals surface area contributed by atoms with Crippen molar-refractivity contribution in [3.05, 3.63) is 0 Å². The molecule has 0 N–H and O–H groups in total. The summed E-state index contributed by atoms with van der Waals surface area (Å²) in [7, 11) is 0. The number of terminal acetylenes is 1. The molecule has 0 unspecified atom stereocenters. The first-order valence-corrected chi connectivity index (χ1v) is 4.37. The lowest BCUT2D eigenvalue weighted by Crippen LogP contribution is -2.28. The van der Waals surface area contributed by atoms with Gasteiger partial charge in [-0.3, -0.25) is 4.79 Å². The van der Waals surface area contributed by atoms with Gasteiger partial charge in [-0.05, 0) is 19.3 Å². The second kappa shape index (κ2) is 4.15. The second-order valence-electron chi connectivity index (χ2n) is 3.21. The molecule has 0 bridgehead atoms. The van der Waals surface area contributed by atoms with Gasteiger partial charge in [-0.25, -0.2) is 0 Å². The van der Waals surface area contributed by atoms with E-state index in [1.807, 2.05) is 0 Å². The summed E-state index contributed by atoms with van der Waals surface area (Å²) in [5.74, 6) is 2.60. The van der Waals surface area contributed by atoms with Crippen LogP contribution >= 0.6 is 0 Å². The van der Waals surface area contributed by atoms with Crippen LogP contribution in [0.15, 0.2) is 0 Å². The summed E-state index contributed by atoms with van der Waals surface area (Å²) < 4.78 is 5.11. The molecule has 1 fully saturated rings. The topological polar surface area (TPSA) is 26.3 Å². The maximum atomic E-state index is 10.7. The number of hydrogen-bond acceptors (Lipinski definition) is 2.